The molecule has 0 aliphatic heterocycles. The van der Waals surface area contributed by atoms with E-state index in [-0.39, 0.29) is 11.7 Å². The predicted octanol–water partition coefficient (Wildman–Crippen LogP) is 5.25. The SMILES string of the molecule is O=C(NC(NC(=S)Nc1ccc(Cl)cc1)C(Cl)(Cl)Cl)OCc1ccccc1. The van der Waals surface area contributed by atoms with Crippen molar-refractivity contribution >= 4 is 75.5 Å². The molecule has 5 nitrogen and oxygen atoms in total. The summed E-state index contributed by atoms with van der Waals surface area (Å²) in [6.45, 7) is 0.0761. The van der Waals surface area contributed by atoms with E-state index in [9.17, 15) is 4.79 Å². The van der Waals surface area contributed by atoms with Crippen LogP contribution in [0.1, 0.15) is 5.56 Å². The van der Waals surface area contributed by atoms with Crippen molar-refractivity contribution in [2.75, 3.05) is 5.32 Å². The summed E-state index contributed by atoms with van der Waals surface area (Å²) in [5.74, 6) is 0. The normalized spacial score (nSPS) is 12.0. The molecule has 0 saturated heterocycles. The van der Waals surface area contributed by atoms with E-state index in [1.54, 1.807) is 24.3 Å². The first-order valence-electron chi connectivity index (χ1n) is 7.61. The lowest BCUT2D eigenvalue weighted by Gasteiger charge is -2.27. The summed E-state index contributed by atoms with van der Waals surface area (Å²) in [6.07, 6.45) is -1.89. The number of amides is 1. The van der Waals surface area contributed by atoms with E-state index in [1.165, 1.54) is 0 Å². The van der Waals surface area contributed by atoms with Crippen LogP contribution in [-0.2, 0) is 11.3 Å². The van der Waals surface area contributed by atoms with E-state index < -0.39 is 16.1 Å². The first kappa shape index (κ1) is 21.9. The van der Waals surface area contributed by atoms with Gasteiger partial charge in [0.1, 0.15) is 6.61 Å². The van der Waals surface area contributed by atoms with Crippen molar-refractivity contribution < 1.29 is 9.53 Å². The minimum absolute atomic E-state index is 0.0761. The van der Waals surface area contributed by atoms with Gasteiger partial charge < -0.3 is 15.4 Å². The van der Waals surface area contributed by atoms with Crippen molar-refractivity contribution in [2.24, 2.45) is 0 Å². The standard InChI is InChI=1S/C17H15Cl4N3O2S/c18-12-6-8-13(9-7-12)22-15(27)23-14(17(19,20)21)24-16(25)26-10-11-4-2-1-3-5-11/h1-9,14H,10H2,(H,24,25)(H2,22,23,27). The summed E-state index contributed by atoms with van der Waals surface area (Å²) in [5.41, 5.74) is 1.50. The third kappa shape index (κ3) is 7.99. The molecule has 0 aliphatic rings. The van der Waals surface area contributed by atoms with Gasteiger partial charge in [0.2, 0.25) is 3.79 Å². The van der Waals surface area contributed by atoms with E-state index in [0.29, 0.717) is 10.7 Å². The van der Waals surface area contributed by atoms with Gasteiger partial charge in [0.05, 0.1) is 0 Å². The summed E-state index contributed by atoms with van der Waals surface area (Å²) in [7, 11) is 0. The highest BCUT2D eigenvalue weighted by atomic mass is 35.6. The Bertz CT molecular complexity index is 770. The van der Waals surface area contributed by atoms with Gasteiger partial charge in [-0.3, -0.25) is 5.32 Å². The zero-order chi connectivity index (χ0) is 19.9. The molecule has 10 heteroatoms. The van der Waals surface area contributed by atoms with E-state index in [0.717, 1.165) is 5.56 Å². The second kappa shape index (κ2) is 10.2. The molecule has 0 saturated carbocycles. The molecule has 0 aromatic heterocycles. The van der Waals surface area contributed by atoms with Crippen LogP contribution in [0.4, 0.5) is 10.5 Å². The van der Waals surface area contributed by atoms with Crippen molar-refractivity contribution in [1.29, 1.82) is 0 Å². The molecule has 1 atom stereocenters. The van der Waals surface area contributed by atoms with Crippen LogP contribution in [-0.4, -0.2) is 21.2 Å². The number of alkyl halides is 3. The second-order valence-electron chi connectivity index (χ2n) is 5.29. The van der Waals surface area contributed by atoms with E-state index in [1.807, 2.05) is 30.3 Å². The Morgan fingerprint density at radius 2 is 1.67 bits per heavy atom. The molecule has 0 fully saturated rings. The summed E-state index contributed by atoms with van der Waals surface area (Å²) >= 11 is 28.8. The number of benzene rings is 2. The van der Waals surface area contributed by atoms with Crippen LogP contribution in [0.5, 0.6) is 0 Å². The molecule has 2 aromatic carbocycles. The minimum atomic E-state index is -1.88. The van der Waals surface area contributed by atoms with Crippen LogP contribution < -0.4 is 16.0 Å². The van der Waals surface area contributed by atoms with Crippen LogP contribution in [0, 0.1) is 0 Å². The van der Waals surface area contributed by atoms with Crippen LogP contribution in [0.15, 0.2) is 54.6 Å². The zero-order valence-corrected chi connectivity index (χ0v) is 17.6. The summed E-state index contributed by atoms with van der Waals surface area (Å²) < 4.78 is 3.24. The molecular weight excluding hydrogens is 452 g/mol. The lowest BCUT2D eigenvalue weighted by atomic mass is 10.2. The largest absolute Gasteiger partial charge is 0.445 e. The summed E-state index contributed by atoms with van der Waals surface area (Å²) in [6, 6.07) is 16.0. The highest BCUT2D eigenvalue weighted by Crippen LogP contribution is 2.29. The van der Waals surface area contributed by atoms with Crippen molar-refractivity contribution in [2.45, 2.75) is 16.6 Å². The van der Waals surface area contributed by atoms with Gasteiger partial charge in [0.25, 0.3) is 0 Å². The minimum Gasteiger partial charge on any atom is -0.445 e. The first-order valence-corrected chi connectivity index (χ1v) is 9.53. The zero-order valence-electron chi connectivity index (χ0n) is 13.7. The van der Waals surface area contributed by atoms with Crippen molar-refractivity contribution in [3.05, 3.63) is 65.2 Å². The van der Waals surface area contributed by atoms with Gasteiger partial charge in [0, 0.05) is 10.7 Å². The molecule has 0 aliphatic carbocycles. The first-order chi connectivity index (χ1) is 12.7. The van der Waals surface area contributed by atoms with Gasteiger partial charge in [-0.05, 0) is 42.0 Å². The average Bonchev–Trinajstić information content (AvgIpc) is 2.61. The molecule has 0 heterocycles. The molecular formula is C17H15Cl4N3O2S. The highest BCUT2D eigenvalue weighted by Gasteiger charge is 2.35. The molecule has 0 radical (unpaired) electrons. The van der Waals surface area contributed by atoms with Crippen molar-refractivity contribution in [3.63, 3.8) is 0 Å². The third-order valence-corrected chi connectivity index (χ3v) is 4.31. The Kier molecular flexibility index (Phi) is 8.26. The number of thiocarbonyl (C=S) groups is 1. The Balaban J connectivity index is 1.91. The van der Waals surface area contributed by atoms with Gasteiger partial charge in [-0.2, -0.15) is 0 Å². The number of hydrogen-bond acceptors (Lipinski definition) is 3. The van der Waals surface area contributed by atoms with Crippen LogP contribution in [0.3, 0.4) is 0 Å². The van der Waals surface area contributed by atoms with Crippen molar-refractivity contribution in [1.82, 2.24) is 10.6 Å². The van der Waals surface area contributed by atoms with Gasteiger partial charge in [-0.15, -0.1) is 0 Å². The highest BCUT2D eigenvalue weighted by molar-refractivity contribution is 7.80. The maximum Gasteiger partial charge on any atom is 0.409 e. The number of anilines is 1. The molecule has 144 valence electrons. The number of rotatable bonds is 5. The van der Waals surface area contributed by atoms with Gasteiger partial charge in [0.15, 0.2) is 11.3 Å². The second-order valence-corrected chi connectivity index (χ2v) is 8.50. The van der Waals surface area contributed by atoms with Gasteiger partial charge in [-0.25, -0.2) is 4.79 Å². The Hall–Kier alpha value is -1.44. The number of nitrogens with one attached hydrogen (secondary N) is 3. The van der Waals surface area contributed by atoms with E-state index in [4.69, 9.17) is 63.4 Å². The van der Waals surface area contributed by atoms with Crippen LogP contribution >= 0.6 is 58.6 Å². The number of carbonyl (C=O) groups excluding carboxylic acids is 1. The predicted molar refractivity (Wildman–Crippen MR) is 115 cm³/mol. The fourth-order valence-electron chi connectivity index (χ4n) is 1.91. The molecule has 3 N–H and O–H groups in total. The molecule has 0 spiro atoms. The number of hydrogen-bond donors (Lipinski definition) is 3. The maximum absolute atomic E-state index is 12.0. The molecule has 0 bridgehead atoms. The fraction of sp³-hybridized carbons (Fsp3) is 0.176. The molecule has 1 unspecified atom stereocenters. The van der Waals surface area contributed by atoms with Crippen molar-refractivity contribution in [3.8, 4) is 0 Å². The number of halogens is 4. The van der Waals surface area contributed by atoms with E-state index in [2.05, 4.69) is 16.0 Å². The summed E-state index contributed by atoms with van der Waals surface area (Å²) in [4.78, 5) is 12.0. The maximum atomic E-state index is 12.0. The Labute approximate surface area is 182 Å². The quantitative estimate of drug-likeness (QED) is 0.319. The number of ether oxygens (including phenoxy) is 1. The van der Waals surface area contributed by atoms with E-state index >= 15 is 0 Å². The molecule has 1 amide bonds. The molecule has 27 heavy (non-hydrogen) atoms. The van der Waals surface area contributed by atoms with Gasteiger partial charge in [-0.1, -0.05) is 76.7 Å². The average molecular weight is 467 g/mol. The number of alkyl carbamates (subject to hydrolysis) is 1. The monoisotopic (exact) mass is 465 g/mol. The lowest BCUT2D eigenvalue weighted by molar-refractivity contribution is 0.135. The molecule has 2 rings (SSSR count). The molecule has 2 aromatic rings. The lowest BCUT2D eigenvalue weighted by Crippen LogP contribution is -2.56. The summed E-state index contributed by atoms with van der Waals surface area (Å²) in [5, 5.41) is 8.78. The van der Waals surface area contributed by atoms with Gasteiger partial charge >= 0.3 is 6.09 Å². The fourth-order valence-corrected chi connectivity index (χ4v) is 2.60. The smallest absolute Gasteiger partial charge is 0.409 e. The number of carbonyl (C=O) groups is 1. The third-order valence-electron chi connectivity index (χ3n) is 3.18. The van der Waals surface area contributed by atoms with Crippen LogP contribution in [0.2, 0.25) is 5.02 Å². The van der Waals surface area contributed by atoms with Crippen LogP contribution in [0.25, 0.3) is 0 Å². The topological polar surface area (TPSA) is 62.4 Å². The Morgan fingerprint density at radius 1 is 1.04 bits per heavy atom. The Morgan fingerprint density at radius 3 is 2.26 bits per heavy atom.